The van der Waals surface area contributed by atoms with E-state index in [2.05, 4.69) is 10.3 Å². The molecular weight excluding hydrogens is 398 g/mol. The van der Waals surface area contributed by atoms with Crippen LogP contribution in [0.3, 0.4) is 0 Å². The van der Waals surface area contributed by atoms with Crippen LogP contribution in [-0.4, -0.2) is 25.9 Å². The summed E-state index contributed by atoms with van der Waals surface area (Å²) in [4.78, 5) is 16.9. The van der Waals surface area contributed by atoms with E-state index < -0.39 is 15.9 Å². The van der Waals surface area contributed by atoms with Gasteiger partial charge in [-0.3, -0.25) is 14.1 Å². The third kappa shape index (κ3) is 5.04. The maximum atomic E-state index is 13.5. The van der Waals surface area contributed by atoms with Crippen LogP contribution in [0, 0.1) is 20.8 Å². The number of hydrogen-bond donors (Lipinski definition) is 1. The fraction of sp³-hybridized carbons (Fsp3) is 0.217. The van der Waals surface area contributed by atoms with Crippen LogP contribution < -0.4 is 9.62 Å². The number of aryl methyl sites for hydroxylation is 3. The smallest absolute Gasteiger partial charge is 0.264 e. The minimum Gasteiger partial charge on any atom is -0.350 e. The van der Waals surface area contributed by atoms with Crippen molar-refractivity contribution < 1.29 is 13.2 Å². The van der Waals surface area contributed by atoms with E-state index in [-0.39, 0.29) is 18.0 Å². The zero-order valence-corrected chi connectivity index (χ0v) is 18.1. The molecule has 0 aliphatic heterocycles. The van der Waals surface area contributed by atoms with Gasteiger partial charge in [0.2, 0.25) is 5.91 Å². The monoisotopic (exact) mass is 423 g/mol. The minimum atomic E-state index is -3.93. The minimum absolute atomic E-state index is 0.147. The molecular formula is C23H25N3O3S. The van der Waals surface area contributed by atoms with Gasteiger partial charge in [0.05, 0.1) is 10.6 Å². The Kier molecular flexibility index (Phi) is 6.52. The first-order chi connectivity index (χ1) is 14.3. The van der Waals surface area contributed by atoms with E-state index in [1.54, 1.807) is 48.8 Å². The van der Waals surface area contributed by atoms with Gasteiger partial charge in [0.15, 0.2) is 0 Å². The van der Waals surface area contributed by atoms with Gasteiger partial charge in [-0.1, -0.05) is 35.9 Å². The summed E-state index contributed by atoms with van der Waals surface area (Å²) in [5.74, 6) is -0.393. The summed E-state index contributed by atoms with van der Waals surface area (Å²) in [5, 5.41) is 2.78. The van der Waals surface area contributed by atoms with Crippen molar-refractivity contribution in [3.05, 3.63) is 89.2 Å². The number of pyridine rings is 1. The Morgan fingerprint density at radius 1 is 1.00 bits per heavy atom. The van der Waals surface area contributed by atoms with Crippen LogP contribution in [0.15, 0.2) is 71.9 Å². The highest BCUT2D eigenvalue weighted by atomic mass is 32.2. The van der Waals surface area contributed by atoms with Crippen LogP contribution in [0.5, 0.6) is 0 Å². The molecule has 3 rings (SSSR count). The number of amides is 1. The molecule has 156 valence electrons. The summed E-state index contributed by atoms with van der Waals surface area (Å²) in [6.07, 6.45) is 3.31. The van der Waals surface area contributed by atoms with E-state index in [4.69, 9.17) is 0 Å². The summed E-state index contributed by atoms with van der Waals surface area (Å²) < 4.78 is 28.1. The molecule has 0 radical (unpaired) electrons. The number of benzene rings is 2. The van der Waals surface area contributed by atoms with Gasteiger partial charge in [0, 0.05) is 18.9 Å². The molecule has 1 amide bonds. The summed E-state index contributed by atoms with van der Waals surface area (Å²) in [6.45, 7) is 5.57. The van der Waals surface area contributed by atoms with Crippen molar-refractivity contribution in [2.24, 2.45) is 0 Å². The normalized spacial score (nSPS) is 11.2. The number of carbonyl (C=O) groups excluding carboxylic acids is 1. The molecule has 0 saturated carbocycles. The topological polar surface area (TPSA) is 79.4 Å². The summed E-state index contributed by atoms with van der Waals surface area (Å²) >= 11 is 0. The Balaban J connectivity index is 1.92. The van der Waals surface area contributed by atoms with E-state index in [0.717, 1.165) is 22.3 Å². The number of carbonyl (C=O) groups is 1. The third-order valence-electron chi connectivity index (χ3n) is 4.74. The standard InChI is InChI=1S/C23H25N3O3S/c1-17-7-10-21(11-8-17)30(28,29)26(22-13-18(2)6-9-19(22)3)16-23(27)25-15-20-5-4-12-24-14-20/h4-14H,15-16H2,1-3H3,(H,25,27). The molecule has 1 N–H and O–H groups in total. The second-order valence-corrected chi connectivity index (χ2v) is 9.11. The van der Waals surface area contributed by atoms with Crippen molar-refractivity contribution in [3.8, 4) is 0 Å². The van der Waals surface area contributed by atoms with Crippen LogP contribution in [0.4, 0.5) is 5.69 Å². The van der Waals surface area contributed by atoms with Gasteiger partial charge in [0.25, 0.3) is 10.0 Å². The van der Waals surface area contributed by atoms with E-state index in [0.29, 0.717) is 5.69 Å². The number of hydrogen-bond acceptors (Lipinski definition) is 4. The van der Waals surface area contributed by atoms with E-state index >= 15 is 0 Å². The number of nitrogens with zero attached hydrogens (tertiary/aromatic N) is 2. The third-order valence-corrected chi connectivity index (χ3v) is 6.52. The van der Waals surface area contributed by atoms with Gasteiger partial charge in [-0.2, -0.15) is 0 Å². The quantitative estimate of drug-likeness (QED) is 0.631. The highest BCUT2D eigenvalue weighted by Gasteiger charge is 2.28. The lowest BCUT2D eigenvalue weighted by atomic mass is 10.1. The average molecular weight is 424 g/mol. The molecule has 0 aliphatic rings. The molecule has 6 nitrogen and oxygen atoms in total. The zero-order chi connectivity index (χ0) is 21.7. The second-order valence-electron chi connectivity index (χ2n) is 7.25. The number of anilines is 1. The first kappa shape index (κ1) is 21.5. The number of aromatic nitrogens is 1. The van der Waals surface area contributed by atoms with Crippen LogP contribution in [0.1, 0.15) is 22.3 Å². The lowest BCUT2D eigenvalue weighted by Crippen LogP contribution is -2.41. The fourth-order valence-electron chi connectivity index (χ4n) is 3.01. The predicted octanol–water partition coefficient (Wildman–Crippen LogP) is 3.52. The lowest BCUT2D eigenvalue weighted by molar-refractivity contribution is -0.119. The van der Waals surface area contributed by atoms with Crippen LogP contribution >= 0.6 is 0 Å². The average Bonchev–Trinajstić information content (AvgIpc) is 2.73. The van der Waals surface area contributed by atoms with E-state index in [1.807, 2.05) is 39.0 Å². The Labute approximate surface area is 177 Å². The molecule has 0 saturated heterocycles. The number of sulfonamides is 1. The lowest BCUT2D eigenvalue weighted by Gasteiger charge is -2.26. The molecule has 0 unspecified atom stereocenters. The molecule has 2 aromatic carbocycles. The van der Waals surface area contributed by atoms with Crippen molar-refractivity contribution in [2.45, 2.75) is 32.2 Å². The van der Waals surface area contributed by atoms with Crippen molar-refractivity contribution in [1.29, 1.82) is 0 Å². The van der Waals surface area contributed by atoms with Crippen molar-refractivity contribution >= 4 is 21.6 Å². The maximum absolute atomic E-state index is 13.5. The highest BCUT2D eigenvalue weighted by Crippen LogP contribution is 2.28. The molecule has 7 heteroatoms. The maximum Gasteiger partial charge on any atom is 0.264 e. The molecule has 1 aromatic heterocycles. The zero-order valence-electron chi connectivity index (χ0n) is 17.3. The summed E-state index contributed by atoms with van der Waals surface area (Å²) in [5.41, 5.74) is 3.98. The molecule has 0 atom stereocenters. The van der Waals surface area contributed by atoms with E-state index in [9.17, 15) is 13.2 Å². The first-order valence-electron chi connectivity index (χ1n) is 9.59. The van der Waals surface area contributed by atoms with Gasteiger partial charge in [-0.15, -0.1) is 0 Å². The van der Waals surface area contributed by atoms with Crippen LogP contribution in [-0.2, 0) is 21.4 Å². The van der Waals surface area contributed by atoms with Crippen LogP contribution in [0.2, 0.25) is 0 Å². The predicted molar refractivity (Wildman–Crippen MR) is 118 cm³/mol. The Hall–Kier alpha value is -3.19. The van der Waals surface area contributed by atoms with Gasteiger partial charge < -0.3 is 5.32 Å². The Bertz CT molecular complexity index is 1130. The largest absolute Gasteiger partial charge is 0.350 e. The molecule has 0 spiro atoms. The van der Waals surface area contributed by atoms with Crippen molar-refractivity contribution in [2.75, 3.05) is 10.8 Å². The Morgan fingerprint density at radius 2 is 1.70 bits per heavy atom. The van der Waals surface area contributed by atoms with Crippen LogP contribution in [0.25, 0.3) is 0 Å². The molecule has 1 heterocycles. The Morgan fingerprint density at radius 3 is 2.37 bits per heavy atom. The van der Waals surface area contributed by atoms with Gasteiger partial charge in [0.1, 0.15) is 6.54 Å². The summed E-state index contributed by atoms with van der Waals surface area (Å²) in [7, 11) is -3.93. The van der Waals surface area contributed by atoms with Crippen molar-refractivity contribution in [3.63, 3.8) is 0 Å². The van der Waals surface area contributed by atoms with Gasteiger partial charge >= 0.3 is 0 Å². The molecule has 0 bridgehead atoms. The molecule has 0 aliphatic carbocycles. The fourth-order valence-corrected chi connectivity index (χ4v) is 4.49. The molecule has 0 fully saturated rings. The summed E-state index contributed by atoms with van der Waals surface area (Å²) in [6, 6.07) is 15.8. The molecule has 3 aromatic rings. The van der Waals surface area contributed by atoms with Gasteiger partial charge in [-0.25, -0.2) is 8.42 Å². The second kappa shape index (κ2) is 9.09. The van der Waals surface area contributed by atoms with Gasteiger partial charge in [-0.05, 0) is 61.7 Å². The first-order valence-corrected chi connectivity index (χ1v) is 11.0. The molecule has 30 heavy (non-hydrogen) atoms. The number of rotatable bonds is 7. The number of nitrogens with one attached hydrogen (secondary N) is 1. The highest BCUT2D eigenvalue weighted by molar-refractivity contribution is 7.92. The van der Waals surface area contributed by atoms with E-state index in [1.165, 1.54) is 4.31 Å². The SMILES string of the molecule is Cc1ccc(S(=O)(=O)N(CC(=O)NCc2cccnc2)c2cc(C)ccc2C)cc1. The van der Waals surface area contributed by atoms with Crippen molar-refractivity contribution in [1.82, 2.24) is 10.3 Å².